The number of esters is 10. The fourth-order valence-electron chi connectivity index (χ4n) is 6.33. The fourth-order valence-corrected chi connectivity index (χ4v) is 6.33. The minimum absolute atomic E-state index is 0. The van der Waals surface area contributed by atoms with Crippen molar-refractivity contribution in [1.29, 1.82) is 0 Å². The summed E-state index contributed by atoms with van der Waals surface area (Å²) in [4.78, 5) is 110. The van der Waals surface area contributed by atoms with Crippen LogP contribution in [0.5, 0.6) is 0 Å². The first-order valence-electron chi connectivity index (χ1n) is 25.0. The number of carbonyl (C=O) groups excluding carboxylic acids is 10. The molecule has 1 saturated carbocycles. The van der Waals surface area contributed by atoms with Gasteiger partial charge in [0, 0.05) is 26.4 Å². The summed E-state index contributed by atoms with van der Waals surface area (Å²) in [7, 11) is 13.2. The van der Waals surface area contributed by atoms with Crippen molar-refractivity contribution in [1.82, 2.24) is 0 Å². The van der Waals surface area contributed by atoms with Crippen LogP contribution in [0.4, 0.5) is 0 Å². The second kappa shape index (κ2) is 44.6. The summed E-state index contributed by atoms with van der Waals surface area (Å²) in [5, 5.41) is 0. The van der Waals surface area contributed by atoms with E-state index in [-0.39, 0.29) is 87.6 Å². The van der Waals surface area contributed by atoms with Crippen molar-refractivity contribution in [2.45, 2.75) is 80.0 Å². The number of rotatable bonds is 11. The Bertz CT molecular complexity index is 1890. The average molecular weight is 1050 g/mol. The summed E-state index contributed by atoms with van der Waals surface area (Å²) in [6.45, 7) is 6.00. The molecule has 0 bridgehead atoms. The van der Waals surface area contributed by atoms with Crippen molar-refractivity contribution in [2.75, 3.05) is 71.1 Å². The minimum atomic E-state index is -0.468. The minimum Gasteiger partial charge on any atom is -0.469 e. The van der Waals surface area contributed by atoms with E-state index in [1.807, 2.05) is 0 Å². The smallest absolute Gasteiger partial charge is 0.337 e. The molecule has 4 rings (SSSR count). The van der Waals surface area contributed by atoms with E-state index in [1.54, 1.807) is 18.2 Å². The van der Waals surface area contributed by atoms with E-state index in [0.717, 1.165) is 25.7 Å². The largest absolute Gasteiger partial charge is 0.469 e. The van der Waals surface area contributed by atoms with E-state index >= 15 is 0 Å². The molecule has 20 nitrogen and oxygen atoms in total. The van der Waals surface area contributed by atoms with Crippen molar-refractivity contribution in [3.05, 3.63) is 96.7 Å². The van der Waals surface area contributed by atoms with Gasteiger partial charge in [-0.25, -0.2) is 24.0 Å². The first-order chi connectivity index (χ1) is 36.9. The van der Waals surface area contributed by atoms with E-state index in [0.29, 0.717) is 48.8 Å². The van der Waals surface area contributed by atoms with E-state index < -0.39 is 23.9 Å². The maximum atomic E-state index is 11.2. The number of benzene rings is 1. The van der Waals surface area contributed by atoms with Gasteiger partial charge in [0.05, 0.1) is 112 Å². The molecule has 0 radical (unpaired) electrons. The van der Waals surface area contributed by atoms with Crippen molar-refractivity contribution in [3.63, 3.8) is 0 Å². The van der Waals surface area contributed by atoms with Gasteiger partial charge in [0.1, 0.15) is 0 Å². The van der Waals surface area contributed by atoms with Gasteiger partial charge in [0.15, 0.2) is 0 Å². The molecule has 1 aromatic carbocycles. The van der Waals surface area contributed by atoms with Crippen LogP contribution in [-0.2, 0) is 85.7 Å². The Morgan fingerprint density at radius 3 is 1.08 bits per heavy atom. The van der Waals surface area contributed by atoms with Crippen LogP contribution in [0.15, 0.2) is 85.5 Å². The van der Waals surface area contributed by atoms with Gasteiger partial charge in [-0.2, -0.15) is 0 Å². The third kappa shape index (κ3) is 30.2. The Labute approximate surface area is 440 Å². The normalized spacial score (nSPS) is 18.1. The lowest BCUT2D eigenvalue weighted by Gasteiger charge is -2.24. The van der Waals surface area contributed by atoms with E-state index in [2.05, 4.69) is 60.5 Å². The molecule has 20 heteroatoms. The molecule has 3 unspecified atom stereocenters. The van der Waals surface area contributed by atoms with Crippen LogP contribution in [-0.4, -0.2) is 131 Å². The molecule has 73 heavy (non-hydrogen) atoms. The molecule has 1 fully saturated rings. The lowest BCUT2D eigenvalue weighted by atomic mass is 9.82. The predicted octanol–water partition coefficient (Wildman–Crippen LogP) is 8.02. The quantitative estimate of drug-likeness (QED) is 0.0667. The van der Waals surface area contributed by atoms with E-state index in [1.165, 1.54) is 120 Å². The maximum Gasteiger partial charge on any atom is 0.337 e. The Kier molecular flexibility index (Phi) is 40.0. The van der Waals surface area contributed by atoms with Gasteiger partial charge in [-0.15, -0.1) is 13.2 Å². The van der Waals surface area contributed by atoms with Gasteiger partial charge < -0.3 is 47.4 Å². The molecular formula is C53H84O20. The van der Waals surface area contributed by atoms with Gasteiger partial charge in [-0.05, 0) is 82.1 Å². The number of ether oxygens (including phenoxy) is 10. The zero-order chi connectivity index (χ0) is 60.3. The third-order valence-corrected chi connectivity index (χ3v) is 10.3. The summed E-state index contributed by atoms with van der Waals surface area (Å²) in [5.74, 6) is -3.68. The van der Waals surface area contributed by atoms with Crippen molar-refractivity contribution < 1.29 is 104 Å². The number of hydrogen-bond acceptors (Lipinski definition) is 20. The van der Waals surface area contributed by atoms with Gasteiger partial charge >= 0.3 is 59.7 Å². The lowest BCUT2D eigenvalue weighted by Crippen LogP contribution is -2.27. The van der Waals surface area contributed by atoms with Gasteiger partial charge in [-0.3, -0.25) is 24.0 Å². The molecule has 3 aliphatic rings. The summed E-state index contributed by atoms with van der Waals surface area (Å²) in [5.41, 5.74) is 1.47. The molecule has 0 saturated heterocycles. The highest BCUT2D eigenvalue weighted by atomic mass is 16.6. The molecule has 416 valence electrons. The second-order valence-corrected chi connectivity index (χ2v) is 14.4. The van der Waals surface area contributed by atoms with E-state index in [9.17, 15) is 47.9 Å². The highest BCUT2D eigenvalue weighted by Gasteiger charge is 2.31. The third-order valence-electron chi connectivity index (χ3n) is 10.3. The standard InChI is InChI=1S/C10H16O4.2C10H14O4.C10H10O4.C8H10O4.C2H4.3CH4.2H2/c4*1-13-9(11)7-3-5-8(6-4-7)10(12)14-2;1-11-7(9)5-3-4-6-8(10)12-2;1-2;;;;;/h7-8H,3-6H2,1-2H3;3,8H,4-6H2,1-2H3;3,5,7-8H,4,6H2,1-2H3;3-6H,1-2H3;3-6H,1-2H3;1-2H2;3*1H4;2*1H/b;;;;5-3+,6-4+;;;;;;/i;;;;;;1TD;;;2*1+2D. The summed E-state index contributed by atoms with van der Waals surface area (Å²) in [6.07, 6.45) is 16.4. The topological polar surface area (TPSA) is 263 Å². The molecule has 0 heterocycles. The van der Waals surface area contributed by atoms with Crippen LogP contribution in [0.2, 0.25) is 0 Å². The Hall–Kier alpha value is -7.38. The molecule has 0 aliphatic heterocycles. The Balaban J connectivity index is -0.000000157. The van der Waals surface area contributed by atoms with Crippen LogP contribution >= 0.6 is 0 Å². The molecule has 0 aromatic heterocycles. The Morgan fingerprint density at radius 2 is 0.836 bits per heavy atom. The number of methoxy groups -OCH3 is 10. The van der Waals surface area contributed by atoms with E-state index in [4.69, 9.17) is 8.68 Å². The van der Waals surface area contributed by atoms with Crippen LogP contribution < -0.4 is 0 Å². The van der Waals surface area contributed by atoms with Gasteiger partial charge in [-0.1, -0.05) is 52.6 Å². The zero-order valence-corrected chi connectivity index (χ0v) is 42.4. The van der Waals surface area contributed by atoms with Gasteiger partial charge in [0.25, 0.3) is 0 Å². The first-order valence-corrected chi connectivity index (χ1v) is 21.6. The number of carbonyl (C=O) groups is 10. The van der Waals surface area contributed by atoms with Gasteiger partial charge in [0.2, 0.25) is 0 Å². The second-order valence-electron chi connectivity index (χ2n) is 14.4. The molecular weight excluding hydrogens is 957 g/mol. The van der Waals surface area contributed by atoms with Crippen LogP contribution in [0.1, 0.15) is 109 Å². The highest BCUT2D eigenvalue weighted by molar-refractivity contribution is 5.93. The highest BCUT2D eigenvalue weighted by Crippen LogP contribution is 2.30. The maximum absolute atomic E-state index is 11.2. The summed E-state index contributed by atoms with van der Waals surface area (Å²) in [6, 6.07) is 6.05. The Morgan fingerprint density at radius 1 is 0.521 bits per heavy atom. The van der Waals surface area contributed by atoms with Crippen LogP contribution in [0, 0.1) is 29.6 Å². The number of hydrogen-bond donors (Lipinski definition) is 0. The molecule has 0 spiro atoms. The molecule has 0 amide bonds. The SMILES string of the molecule is C.C.C=C.COC(=O)/C=C/C=C/C(=O)OC.COC(=O)C1=CCC(C(=O)OC)CC1.COC(=O)C1C=CC(C(=O)OC)CC1.COC(=O)C1CCC(C(=O)OC)CC1.COC(=O)c1ccc(C(=O)OC)cc1.[2H]C[3H].[2H][3H].[2H][3H]. The predicted molar refractivity (Wildman–Crippen MR) is 275 cm³/mol. The molecule has 3 aliphatic carbocycles. The molecule has 1 aromatic rings. The van der Waals surface area contributed by atoms with Crippen molar-refractivity contribution in [2.24, 2.45) is 29.6 Å². The van der Waals surface area contributed by atoms with Crippen molar-refractivity contribution >= 4 is 59.7 Å². The summed E-state index contributed by atoms with van der Waals surface area (Å²) >= 11 is 0. The fraction of sp³-hybridized carbons (Fsp3) is 0.509. The zero-order valence-electron chi connectivity index (χ0n) is 48.4. The number of allylic oxidation sites excluding steroid dienone is 3. The first kappa shape index (κ1) is 65.6. The summed E-state index contributed by atoms with van der Waals surface area (Å²) < 4.78 is 77.1. The average Bonchev–Trinajstić information content (AvgIpc) is 3.50. The molecule has 3 atom stereocenters. The van der Waals surface area contributed by atoms with Crippen LogP contribution in [0.3, 0.4) is 0 Å². The van der Waals surface area contributed by atoms with Crippen LogP contribution in [0.25, 0.3) is 0 Å². The monoisotopic (exact) mass is 1050 g/mol. The van der Waals surface area contributed by atoms with Crippen molar-refractivity contribution in [3.8, 4) is 0 Å². The molecule has 0 N–H and O–H groups in total. The lowest BCUT2D eigenvalue weighted by molar-refractivity contribution is -0.151.